The van der Waals surface area contributed by atoms with E-state index in [1.165, 1.54) is 6.07 Å². The van der Waals surface area contributed by atoms with Crippen molar-refractivity contribution >= 4 is 23.6 Å². The number of hydrogen-bond acceptors (Lipinski definition) is 4. The van der Waals surface area contributed by atoms with Crippen molar-refractivity contribution in [3.63, 3.8) is 0 Å². The molecule has 1 aromatic heterocycles. The largest absolute Gasteiger partial charge is 0.497 e. The molecule has 1 aliphatic heterocycles. The number of fused-ring (bicyclic) bond motifs is 1. The fourth-order valence-electron chi connectivity index (χ4n) is 2.24. The third-order valence-electron chi connectivity index (χ3n) is 4.28. The molecule has 20 heavy (non-hydrogen) atoms. The van der Waals surface area contributed by atoms with Crippen molar-refractivity contribution in [3.8, 4) is 0 Å². The fourth-order valence-corrected chi connectivity index (χ4v) is 2.24. The van der Waals surface area contributed by atoms with Gasteiger partial charge in [-0.1, -0.05) is 5.16 Å². The van der Waals surface area contributed by atoms with Crippen LogP contribution in [-0.2, 0) is 9.31 Å². The third kappa shape index (κ3) is 1.86. The number of hydrogen-bond donors (Lipinski definition) is 0. The predicted molar refractivity (Wildman–Crippen MR) is 74.4 cm³/mol. The van der Waals surface area contributed by atoms with Crippen LogP contribution in [0.4, 0.5) is 4.39 Å². The Hall–Kier alpha value is -1.40. The summed E-state index contributed by atoms with van der Waals surface area (Å²) in [6, 6.07) is 3.02. The molecule has 0 N–H and O–H groups in total. The summed E-state index contributed by atoms with van der Waals surface area (Å²) in [5, 5.41) is 4.51. The first-order valence-corrected chi connectivity index (χ1v) is 6.62. The zero-order valence-electron chi connectivity index (χ0n) is 12.3. The smallest absolute Gasteiger partial charge is 0.399 e. The van der Waals surface area contributed by atoms with Crippen LogP contribution in [0.1, 0.15) is 33.4 Å². The second kappa shape index (κ2) is 4.05. The SMILES string of the molecule is Cc1noc2cc(B3OC(C)(C)C(C)(C)O3)c(F)cc12. The highest BCUT2D eigenvalue weighted by molar-refractivity contribution is 6.62. The van der Waals surface area contributed by atoms with Gasteiger partial charge in [-0.05, 0) is 46.8 Å². The minimum atomic E-state index is -0.741. The average Bonchev–Trinajstić information content (AvgIpc) is 2.77. The quantitative estimate of drug-likeness (QED) is 0.751. The highest BCUT2D eigenvalue weighted by Crippen LogP contribution is 2.36. The Bertz CT molecular complexity index is 664. The van der Waals surface area contributed by atoms with E-state index in [1.807, 2.05) is 27.7 Å². The maximum Gasteiger partial charge on any atom is 0.497 e. The van der Waals surface area contributed by atoms with Crippen molar-refractivity contribution in [3.05, 3.63) is 23.6 Å². The van der Waals surface area contributed by atoms with Gasteiger partial charge in [0.25, 0.3) is 0 Å². The Morgan fingerprint density at radius 3 is 2.30 bits per heavy atom. The maximum atomic E-state index is 14.3. The second-order valence-electron chi connectivity index (χ2n) is 6.23. The lowest BCUT2D eigenvalue weighted by molar-refractivity contribution is 0.00578. The molecule has 0 atom stereocenters. The van der Waals surface area contributed by atoms with E-state index in [9.17, 15) is 4.39 Å². The van der Waals surface area contributed by atoms with E-state index in [1.54, 1.807) is 13.0 Å². The molecule has 2 heterocycles. The number of aromatic nitrogens is 1. The first-order chi connectivity index (χ1) is 9.21. The molecule has 1 fully saturated rings. The van der Waals surface area contributed by atoms with Crippen LogP contribution in [0.2, 0.25) is 0 Å². The molecule has 0 unspecified atom stereocenters. The second-order valence-corrected chi connectivity index (χ2v) is 6.23. The highest BCUT2D eigenvalue weighted by atomic mass is 19.1. The number of benzene rings is 1. The number of rotatable bonds is 1. The van der Waals surface area contributed by atoms with Crippen molar-refractivity contribution in [2.24, 2.45) is 0 Å². The zero-order chi connectivity index (χ0) is 14.7. The predicted octanol–water partition coefficient (Wildman–Crippen LogP) is 2.57. The van der Waals surface area contributed by atoms with Crippen LogP contribution < -0.4 is 5.46 Å². The first-order valence-electron chi connectivity index (χ1n) is 6.62. The molecule has 1 aliphatic rings. The Morgan fingerprint density at radius 1 is 1.10 bits per heavy atom. The Kier molecular flexibility index (Phi) is 2.75. The summed E-state index contributed by atoms with van der Waals surface area (Å²) in [4.78, 5) is 0. The number of aryl methyl sites for hydroxylation is 1. The summed E-state index contributed by atoms with van der Waals surface area (Å²) in [5.41, 5.74) is 0.535. The maximum absolute atomic E-state index is 14.3. The van der Waals surface area contributed by atoms with E-state index in [2.05, 4.69) is 5.16 Å². The number of halogens is 1. The Morgan fingerprint density at radius 2 is 1.70 bits per heavy atom. The summed E-state index contributed by atoms with van der Waals surface area (Å²) < 4.78 is 31.2. The molecule has 0 amide bonds. The molecule has 0 saturated carbocycles. The summed E-state index contributed by atoms with van der Waals surface area (Å²) in [6.07, 6.45) is 0. The van der Waals surface area contributed by atoms with Crippen LogP contribution in [0, 0.1) is 12.7 Å². The van der Waals surface area contributed by atoms with Crippen molar-refractivity contribution in [1.29, 1.82) is 0 Å². The molecular weight excluding hydrogens is 260 g/mol. The molecule has 106 valence electrons. The van der Waals surface area contributed by atoms with Crippen LogP contribution >= 0.6 is 0 Å². The fraction of sp³-hybridized carbons (Fsp3) is 0.500. The molecule has 2 aromatic rings. The molecular formula is C14H17BFNO3. The van der Waals surface area contributed by atoms with E-state index < -0.39 is 18.3 Å². The van der Waals surface area contributed by atoms with Crippen LogP contribution in [-0.4, -0.2) is 23.5 Å². The molecule has 1 saturated heterocycles. The lowest BCUT2D eigenvalue weighted by Gasteiger charge is -2.32. The van der Waals surface area contributed by atoms with Crippen LogP contribution in [0.25, 0.3) is 11.0 Å². The van der Waals surface area contributed by atoms with Gasteiger partial charge >= 0.3 is 7.12 Å². The summed E-state index contributed by atoms with van der Waals surface area (Å²) in [5.74, 6) is -0.373. The first kappa shape index (κ1) is 13.6. The van der Waals surface area contributed by atoms with Gasteiger partial charge in [0, 0.05) is 10.8 Å². The van der Waals surface area contributed by atoms with Crippen LogP contribution in [0.5, 0.6) is 0 Å². The van der Waals surface area contributed by atoms with Crippen molar-refractivity contribution in [2.45, 2.75) is 45.8 Å². The molecule has 0 bridgehead atoms. The third-order valence-corrected chi connectivity index (χ3v) is 4.28. The van der Waals surface area contributed by atoms with E-state index in [0.717, 1.165) is 0 Å². The van der Waals surface area contributed by atoms with Gasteiger partial charge in [-0.2, -0.15) is 0 Å². The molecule has 0 aliphatic carbocycles. The van der Waals surface area contributed by atoms with Gasteiger partial charge in [-0.3, -0.25) is 0 Å². The molecule has 1 aromatic carbocycles. The van der Waals surface area contributed by atoms with Gasteiger partial charge < -0.3 is 13.8 Å². The summed E-state index contributed by atoms with van der Waals surface area (Å²) >= 11 is 0. The topological polar surface area (TPSA) is 44.5 Å². The molecule has 3 rings (SSSR count). The molecule has 6 heteroatoms. The summed E-state index contributed by atoms with van der Waals surface area (Å²) in [6.45, 7) is 9.51. The normalized spacial score (nSPS) is 20.8. The summed E-state index contributed by atoms with van der Waals surface area (Å²) in [7, 11) is -0.741. The van der Waals surface area contributed by atoms with Gasteiger partial charge in [0.2, 0.25) is 0 Å². The Balaban J connectivity index is 2.05. The minimum Gasteiger partial charge on any atom is -0.399 e. The van der Waals surface area contributed by atoms with Gasteiger partial charge in [-0.25, -0.2) is 4.39 Å². The van der Waals surface area contributed by atoms with Gasteiger partial charge in [0.15, 0.2) is 5.58 Å². The van der Waals surface area contributed by atoms with E-state index >= 15 is 0 Å². The van der Waals surface area contributed by atoms with Gasteiger partial charge in [0.05, 0.1) is 16.9 Å². The Labute approximate surface area is 117 Å². The van der Waals surface area contributed by atoms with Crippen molar-refractivity contribution in [1.82, 2.24) is 5.16 Å². The van der Waals surface area contributed by atoms with E-state index in [4.69, 9.17) is 13.8 Å². The number of nitrogens with zero attached hydrogens (tertiary/aromatic N) is 1. The lowest BCUT2D eigenvalue weighted by atomic mass is 9.78. The van der Waals surface area contributed by atoms with Gasteiger partial charge in [0.1, 0.15) is 5.82 Å². The lowest BCUT2D eigenvalue weighted by Crippen LogP contribution is -2.41. The van der Waals surface area contributed by atoms with Crippen molar-refractivity contribution in [2.75, 3.05) is 0 Å². The van der Waals surface area contributed by atoms with Crippen LogP contribution in [0.3, 0.4) is 0 Å². The van der Waals surface area contributed by atoms with Crippen LogP contribution in [0.15, 0.2) is 16.7 Å². The van der Waals surface area contributed by atoms with Crippen molar-refractivity contribution < 1.29 is 18.2 Å². The van der Waals surface area contributed by atoms with Gasteiger partial charge in [-0.15, -0.1) is 0 Å². The van der Waals surface area contributed by atoms with E-state index in [0.29, 0.717) is 22.1 Å². The minimum absolute atomic E-state index is 0.340. The average molecular weight is 277 g/mol. The monoisotopic (exact) mass is 277 g/mol. The standard InChI is InChI=1S/C14H17BFNO3/c1-8-9-6-11(16)10(7-12(9)18-17-8)15-19-13(2,3)14(4,5)20-15/h6-7H,1-5H3. The molecule has 4 nitrogen and oxygen atoms in total. The molecule has 0 spiro atoms. The van der Waals surface area contributed by atoms with E-state index in [-0.39, 0.29) is 5.82 Å². The highest BCUT2D eigenvalue weighted by Gasteiger charge is 2.52. The molecule has 0 radical (unpaired) electrons. The zero-order valence-corrected chi connectivity index (χ0v) is 12.3.